The molecule has 4 nitrogen and oxygen atoms in total. The highest BCUT2D eigenvalue weighted by Gasteiger charge is 1.94. The first-order valence-corrected chi connectivity index (χ1v) is 3.04. The largest absolute Gasteiger partial charge is 0.466 e. The Morgan fingerprint density at radius 2 is 1.25 bits per heavy atom. The van der Waals surface area contributed by atoms with Crippen molar-refractivity contribution in [1.82, 2.24) is 0 Å². The lowest BCUT2D eigenvalue weighted by atomic mass is 10.5. The maximum atomic E-state index is 10.3. The third kappa shape index (κ3) is 8.42. The fourth-order valence-electron chi connectivity index (χ4n) is 0.272. The Bertz CT molecular complexity index is 154. The van der Waals surface area contributed by atoms with Crippen molar-refractivity contribution >= 4 is 11.9 Å². The molecule has 12 heavy (non-hydrogen) atoms. The lowest BCUT2D eigenvalue weighted by molar-refractivity contribution is -0.137. The molecule has 0 aliphatic rings. The average molecular weight is 172 g/mol. The molecule has 0 spiro atoms. The van der Waals surface area contributed by atoms with E-state index in [-0.39, 0.29) is 0 Å². The highest BCUT2D eigenvalue weighted by atomic mass is 16.5. The van der Waals surface area contributed by atoms with Gasteiger partial charge >= 0.3 is 11.9 Å². The molecule has 0 N–H and O–H groups in total. The molecule has 0 saturated heterocycles. The van der Waals surface area contributed by atoms with Gasteiger partial charge in [-0.05, 0) is 0 Å². The van der Waals surface area contributed by atoms with E-state index in [1.54, 1.807) is 0 Å². The van der Waals surface area contributed by atoms with Crippen LogP contribution in [-0.4, -0.2) is 26.2 Å². The van der Waals surface area contributed by atoms with Crippen LogP contribution in [-0.2, 0) is 19.1 Å². The van der Waals surface area contributed by atoms with Gasteiger partial charge in [-0.2, -0.15) is 0 Å². The fraction of sp³-hybridized carbons (Fsp3) is 0.250. The van der Waals surface area contributed by atoms with Gasteiger partial charge in [0.15, 0.2) is 0 Å². The van der Waals surface area contributed by atoms with E-state index in [2.05, 4.69) is 22.6 Å². The third-order valence-electron chi connectivity index (χ3n) is 0.758. The van der Waals surface area contributed by atoms with Crippen LogP contribution in [0.4, 0.5) is 0 Å². The highest BCUT2D eigenvalue weighted by Crippen LogP contribution is 1.80. The molecule has 0 saturated carbocycles. The van der Waals surface area contributed by atoms with Crippen LogP contribution in [0.5, 0.6) is 0 Å². The minimum atomic E-state index is -0.578. The standard InChI is InChI=1S/C6H8O4.C2H4/c1-9-5(7)3-4-6(8)10-2;1-2/h3-4H,1-2H3;1-2H2/b4-3+;. The Labute approximate surface area is 71.5 Å². The van der Waals surface area contributed by atoms with Crippen LogP contribution in [0, 0.1) is 0 Å². The second-order valence-electron chi connectivity index (χ2n) is 1.38. The lowest BCUT2D eigenvalue weighted by Crippen LogP contribution is -1.98. The minimum Gasteiger partial charge on any atom is -0.466 e. The molecule has 0 fully saturated rings. The molecule has 0 radical (unpaired) electrons. The third-order valence-corrected chi connectivity index (χ3v) is 0.758. The van der Waals surface area contributed by atoms with Crippen molar-refractivity contribution in [2.24, 2.45) is 0 Å². The van der Waals surface area contributed by atoms with E-state index in [0.29, 0.717) is 0 Å². The molecular weight excluding hydrogens is 160 g/mol. The van der Waals surface area contributed by atoms with Gasteiger partial charge in [-0.15, -0.1) is 13.2 Å². The number of hydrogen-bond acceptors (Lipinski definition) is 4. The van der Waals surface area contributed by atoms with Crippen LogP contribution in [0.25, 0.3) is 0 Å². The summed E-state index contributed by atoms with van der Waals surface area (Å²) < 4.78 is 8.42. The maximum Gasteiger partial charge on any atom is 0.330 e. The number of ether oxygens (including phenoxy) is 2. The Morgan fingerprint density at radius 1 is 1.00 bits per heavy atom. The molecule has 0 aliphatic carbocycles. The summed E-state index contributed by atoms with van der Waals surface area (Å²) in [5.41, 5.74) is 0. The zero-order chi connectivity index (χ0) is 9.98. The van der Waals surface area contributed by atoms with E-state index in [1.807, 2.05) is 0 Å². The first-order valence-electron chi connectivity index (χ1n) is 3.04. The molecule has 68 valence electrons. The van der Waals surface area contributed by atoms with E-state index in [9.17, 15) is 9.59 Å². The highest BCUT2D eigenvalue weighted by molar-refractivity contribution is 5.91. The number of carbonyl (C=O) groups excluding carboxylic acids is 2. The predicted molar refractivity (Wildman–Crippen MR) is 44.4 cm³/mol. The van der Waals surface area contributed by atoms with Gasteiger partial charge in [0.1, 0.15) is 0 Å². The summed E-state index contributed by atoms with van der Waals surface area (Å²) in [5, 5.41) is 0. The summed E-state index contributed by atoms with van der Waals surface area (Å²) in [6.45, 7) is 6.00. The van der Waals surface area contributed by atoms with Gasteiger partial charge in [0.2, 0.25) is 0 Å². The van der Waals surface area contributed by atoms with Crippen LogP contribution in [0.2, 0.25) is 0 Å². The van der Waals surface area contributed by atoms with Gasteiger partial charge in [-0.1, -0.05) is 0 Å². The Kier molecular flexibility index (Phi) is 10.2. The van der Waals surface area contributed by atoms with E-state index in [0.717, 1.165) is 12.2 Å². The molecule has 0 aromatic heterocycles. The number of esters is 2. The number of methoxy groups -OCH3 is 2. The number of rotatable bonds is 2. The zero-order valence-corrected chi connectivity index (χ0v) is 7.20. The number of hydrogen-bond donors (Lipinski definition) is 0. The van der Waals surface area contributed by atoms with E-state index >= 15 is 0 Å². The minimum absolute atomic E-state index is 0.578. The smallest absolute Gasteiger partial charge is 0.330 e. The molecule has 0 heterocycles. The van der Waals surface area contributed by atoms with Crippen molar-refractivity contribution in [3.05, 3.63) is 25.3 Å². The Morgan fingerprint density at radius 3 is 1.42 bits per heavy atom. The Hall–Kier alpha value is -1.58. The van der Waals surface area contributed by atoms with E-state index in [4.69, 9.17) is 0 Å². The van der Waals surface area contributed by atoms with Crippen molar-refractivity contribution in [2.75, 3.05) is 14.2 Å². The summed E-state index contributed by atoms with van der Waals surface area (Å²) in [6, 6.07) is 0. The van der Waals surface area contributed by atoms with E-state index < -0.39 is 11.9 Å². The van der Waals surface area contributed by atoms with E-state index in [1.165, 1.54) is 14.2 Å². The van der Waals surface area contributed by atoms with Gasteiger partial charge < -0.3 is 9.47 Å². The van der Waals surface area contributed by atoms with Crippen molar-refractivity contribution in [1.29, 1.82) is 0 Å². The predicted octanol–water partition coefficient (Wildman–Crippen LogP) is 0.691. The maximum absolute atomic E-state index is 10.3. The van der Waals surface area contributed by atoms with Crippen molar-refractivity contribution < 1.29 is 19.1 Å². The first-order chi connectivity index (χ1) is 5.70. The van der Waals surface area contributed by atoms with Gasteiger partial charge in [0.25, 0.3) is 0 Å². The molecule has 0 atom stereocenters. The van der Waals surface area contributed by atoms with Crippen molar-refractivity contribution in [3.8, 4) is 0 Å². The molecule has 0 amide bonds. The second kappa shape index (κ2) is 9.42. The van der Waals surface area contributed by atoms with Gasteiger partial charge in [-0.25, -0.2) is 9.59 Å². The Balaban J connectivity index is 0. The van der Waals surface area contributed by atoms with Crippen molar-refractivity contribution in [3.63, 3.8) is 0 Å². The molecule has 0 aromatic rings. The van der Waals surface area contributed by atoms with Crippen LogP contribution in [0.1, 0.15) is 0 Å². The summed E-state index contributed by atoms with van der Waals surface area (Å²) in [4.78, 5) is 20.6. The average Bonchev–Trinajstić information content (AvgIpc) is 2.16. The summed E-state index contributed by atoms with van der Waals surface area (Å²) >= 11 is 0. The van der Waals surface area contributed by atoms with Crippen LogP contribution in [0.15, 0.2) is 25.3 Å². The molecule has 0 rings (SSSR count). The molecular formula is C8H12O4. The molecule has 0 aliphatic heterocycles. The fourth-order valence-corrected chi connectivity index (χ4v) is 0.272. The molecule has 0 unspecified atom stereocenters. The van der Waals surface area contributed by atoms with Crippen LogP contribution in [0.3, 0.4) is 0 Å². The summed E-state index contributed by atoms with van der Waals surface area (Å²) in [7, 11) is 2.45. The quantitative estimate of drug-likeness (QED) is 0.349. The second-order valence-corrected chi connectivity index (χ2v) is 1.38. The SMILES string of the molecule is C=C.COC(=O)/C=C/C(=O)OC. The number of carbonyl (C=O) groups is 2. The summed E-state index contributed by atoms with van der Waals surface area (Å²) in [5.74, 6) is -1.16. The van der Waals surface area contributed by atoms with Crippen molar-refractivity contribution in [2.45, 2.75) is 0 Å². The molecule has 0 bridgehead atoms. The molecule has 0 aromatic carbocycles. The summed E-state index contributed by atoms with van der Waals surface area (Å²) in [6.07, 6.45) is 1.98. The van der Waals surface area contributed by atoms with Gasteiger partial charge in [0, 0.05) is 12.2 Å². The monoisotopic (exact) mass is 172 g/mol. The topological polar surface area (TPSA) is 52.6 Å². The van der Waals surface area contributed by atoms with Crippen LogP contribution < -0.4 is 0 Å². The first kappa shape index (κ1) is 13.0. The van der Waals surface area contributed by atoms with Crippen LogP contribution >= 0.6 is 0 Å². The van der Waals surface area contributed by atoms with Gasteiger partial charge in [0.05, 0.1) is 14.2 Å². The van der Waals surface area contributed by atoms with Gasteiger partial charge in [-0.3, -0.25) is 0 Å². The lowest BCUT2D eigenvalue weighted by Gasteiger charge is -1.89. The molecule has 4 heteroatoms. The normalized spacial score (nSPS) is 8.17. The zero-order valence-electron chi connectivity index (χ0n) is 7.20.